The number of hydrogen-bond acceptors (Lipinski definition) is 4. The van der Waals surface area contributed by atoms with Crippen LogP contribution >= 0.6 is 11.6 Å². The monoisotopic (exact) mass is 336 g/mol. The molecule has 2 aromatic rings. The van der Waals surface area contributed by atoms with Crippen LogP contribution in [0.4, 0.5) is 0 Å². The number of oxazole rings is 1. The molecule has 1 heterocycles. The van der Waals surface area contributed by atoms with E-state index in [1.54, 1.807) is 12.3 Å². The Labute approximate surface area is 138 Å². The number of rotatable bonds is 8. The van der Waals surface area contributed by atoms with Crippen LogP contribution < -0.4 is 5.32 Å². The van der Waals surface area contributed by atoms with E-state index in [2.05, 4.69) is 10.3 Å². The summed E-state index contributed by atoms with van der Waals surface area (Å²) in [4.78, 5) is 26.1. The maximum Gasteiger partial charge on any atom is 0.303 e. The fraction of sp³-hybridized carbons (Fsp3) is 0.312. The molecule has 0 aliphatic heterocycles. The summed E-state index contributed by atoms with van der Waals surface area (Å²) < 4.78 is 5.60. The van der Waals surface area contributed by atoms with Crippen molar-refractivity contribution in [3.63, 3.8) is 0 Å². The molecule has 0 unspecified atom stereocenters. The standard InChI is InChI=1S/C16H17ClN2O4/c17-12-5-2-1-4-11(12)13-10-19-15(23-13)8-7-14(20)18-9-3-6-16(21)22/h1-2,4-5,10H,3,6-9H2,(H,18,20)(H,21,22). The molecule has 0 bridgehead atoms. The number of carbonyl (C=O) groups is 2. The van der Waals surface area contributed by atoms with Crippen LogP contribution in [0.3, 0.4) is 0 Å². The van der Waals surface area contributed by atoms with Crippen LogP contribution in [0.1, 0.15) is 25.2 Å². The first-order valence-corrected chi connectivity index (χ1v) is 7.62. The summed E-state index contributed by atoms with van der Waals surface area (Å²) in [5.74, 6) is -0.00732. The second kappa shape index (κ2) is 8.33. The highest BCUT2D eigenvalue weighted by molar-refractivity contribution is 6.33. The van der Waals surface area contributed by atoms with Gasteiger partial charge in [-0.25, -0.2) is 4.98 Å². The topological polar surface area (TPSA) is 92.4 Å². The zero-order chi connectivity index (χ0) is 16.7. The van der Waals surface area contributed by atoms with Crippen LogP contribution in [0.25, 0.3) is 11.3 Å². The van der Waals surface area contributed by atoms with Crippen molar-refractivity contribution in [1.82, 2.24) is 10.3 Å². The van der Waals surface area contributed by atoms with E-state index in [1.807, 2.05) is 18.2 Å². The van der Waals surface area contributed by atoms with E-state index in [4.69, 9.17) is 21.1 Å². The van der Waals surface area contributed by atoms with Gasteiger partial charge in [-0.05, 0) is 18.6 Å². The smallest absolute Gasteiger partial charge is 0.303 e. The number of carboxylic acids is 1. The third-order valence-corrected chi connectivity index (χ3v) is 3.48. The van der Waals surface area contributed by atoms with Crippen molar-refractivity contribution in [1.29, 1.82) is 0 Å². The summed E-state index contributed by atoms with van der Waals surface area (Å²) in [6.07, 6.45) is 2.64. The number of carboxylic acid groups (broad SMARTS) is 1. The molecule has 2 rings (SSSR count). The maximum atomic E-state index is 11.6. The van der Waals surface area contributed by atoms with E-state index < -0.39 is 5.97 Å². The third-order valence-electron chi connectivity index (χ3n) is 3.15. The lowest BCUT2D eigenvalue weighted by molar-refractivity contribution is -0.137. The summed E-state index contributed by atoms with van der Waals surface area (Å²) in [7, 11) is 0. The third kappa shape index (κ3) is 5.41. The minimum Gasteiger partial charge on any atom is -0.481 e. The lowest BCUT2D eigenvalue weighted by Crippen LogP contribution is -2.25. The Kier molecular flexibility index (Phi) is 6.17. The number of aryl methyl sites for hydroxylation is 1. The summed E-state index contributed by atoms with van der Waals surface area (Å²) >= 11 is 6.10. The number of halogens is 1. The maximum absolute atomic E-state index is 11.6. The van der Waals surface area contributed by atoms with Gasteiger partial charge in [0.05, 0.1) is 11.2 Å². The van der Waals surface area contributed by atoms with Gasteiger partial charge in [0.25, 0.3) is 0 Å². The molecule has 0 atom stereocenters. The second-order valence-electron chi connectivity index (χ2n) is 4.95. The molecular formula is C16H17ClN2O4. The fourth-order valence-electron chi connectivity index (χ4n) is 1.99. The highest BCUT2D eigenvalue weighted by Gasteiger charge is 2.11. The molecule has 6 nitrogen and oxygen atoms in total. The zero-order valence-electron chi connectivity index (χ0n) is 12.4. The highest BCUT2D eigenvalue weighted by atomic mass is 35.5. The molecule has 7 heteroatoms. The largest absolute Gasteiger partial charge is 0.481 e. The van der Waals surface area contributed by atoms with Crippen molar-refractivity contribution in [2.45, 2.75) is 25.7 Å². The molecular weight excluding hydrogens is 320 g/mol. The summed E-state index contributed by atoms with van der Waals surface area (Å²) in [6, 6.07) is 7.29. The van der Waals surface area contributed by atoms with Gasteiger partial charge in [-0.1, -0.05) is 23.7 Å². The number of aromatic nitrogens is 1. The summed E-state index contributed by atoms with van der Waals surface area (Å²) in [5.41, 5.74) is 0.756. The molecule has 122 valence electrons. The number of nitrogens with zero attached hydrogens (tertiary/aromatic N) is 1. The van der Waals surface area contributed by atoms with Crippen LogP contribution in [-0.4, -0.2) is 28.5 Å². The van der Waals surface area contributed by atoms with Gasteiger partial charge >= 0.3 is 5.97 Å². The molecule has 1 amide bonds. The van der Waals surface area contributed by atoms with Crippen molar-refractivity contribution >= 4 is 23.5 Å². The van der Waals surface area contributed by atoms with Crippen LogP contribution in [0.5, 0.6) is 0 Å². The Hall–Kier alpha value is -2.34. The Morgan fingerprint density at radius 2 is 2.04 bits per heavy atom. The molecule has 0 saturated carbocycles. The fourth-order valence-corrected chi connectivity index (χ4v) is 2.22. The van der Waals surface area contributed by atoms with Gasteiger partial charge < -0.3 is 14.8 Å². The van der Waals surface area contributed by atoms with Gasteiger partial charge in [0.15, 0.2) is 11.7 Å². The number of benzene rings is 1. The van der Waals surface area contributed by atoms with Crippen molar-refractivity contribution in [3.8, 4) is 11.3 Å². The van der Waals surface area contributed by atoms with Crippen LogP contribution in [-0.2, 0) is 16.0 Å². The Balaban J connectivity index is 1.80. The van der Waals surface area contributed by atoms with E-state index in [1.165, 1.54) is 0 Å². The molecule has 0 radical (unpaired) electrons. The van der Waals surface area contributed by atoms with Crippen LogP contribution in [0, 0.1) is 0 Å². The number of hydrogen-bond donors (Lipinski definition) is 2. The molecule has 1 aromatic heterocycles. The molecule has 2 N–H and O–H groups in total. The van der Waals surface area contributed by atoms with Crippen molar-refractivity contribution in [3.05, 3.63) is 41.4 Å². The first kappa shape index (κ1) is 17.0. The Morgan fingerprint density at radius 3 is 2.78 bits per heavy atom. The Bertz CT molecular complexity index is 684. The van der Waals surface area contributed by atoms with E-state index in [0.29, 0.717) is 36.1 Å². The quantitative estimate of drug-likeness (QED) is 0.723. The molecule has 1 aromatic carbocycles. The molecule has 0 saturated heterocycles. The van der Waals surface area contributed by atoms with Gasteiger partial charge in [-0.3, -0.25) is 9.59 Å². The first-order chi connectivity index (χ1) is 11.1. The predicted octanol–water partition coefficient (Wildman–Crippen LogP) is 2.91. The molecule has 0 aliphatic rings. The number of aliphatic carboxylic acids is 1. The summed E-state index contributed by atoms with van der Waals surface area (Å²) in [6.45, 7) is 0.349. The second-order valence-corrected chi connectivity index (χ2v) is 5.35. The minimum atomic E-state index is -0.869. The number of nitrogens with one attached hydrogen (secondary N) is 1. The number of carbonyl (C=O) groups excluding carboxylic acids is 1. The average molecular weight is 337 g/mol. The summed E-state index contributed by atoms with van der Waals surface area (Å²) in [5, 5.41) is 11.7. The highest BCUT2D eigenvalue weighted by Crippen LogP contribution is 2.28. The van der Waals surface area contributed by atoms with Crippen molar-refractivity contribution in [2.24, 2.45) is 0 Å². The molecule has 23 heavy (non-hydrogen) atoms. The molecule has 0 aliphatic carbocycles. The van der Waals surface area contributed by atoms with Gasteiger partial charge in [-0.15, -0.1) is 0 Å². The van der Waals surface area contributed by atoms with E-state index >= 15 is 0 Å². The molecule has 0 spiro atoms. The SMILES string of the molecule is O=C(O)CCCNC(=O)CCc1ncc(-c2ccccc2Cl)o1. The predicted molar refractivity (Wildman–Crippen MR) is 85.1 cm³/mol. The number of amides is 1. The zero-order valence-corrected chi connectivity index (χ0v) is 13.2. The van der Waals surface area contributed by atoms with Crippen LogP contribution in [0.15, 0.2) is 34.9 Å². The van der Waals surface area contributed by atoms with E-state index in [9.17, 15) is 9.59 Å². The van der Waals surface area contributed by atoms with Crippen molar-refractivity contribution in [2.75, 3.05) is 6.54 Å². The van der Waals surface area contributed by atoms with Gasteiger partial charge in [0, 0.05) is 31.4 Å². The van der Waals surface area contributed by atoms with Crippen LogP contribution in [0.2, 0.25) is 5.02 Å². The lowest BCUT2D eigenvalue weighted by Gasteiger charge is -2.02. The minimum absolute atomic E-state index is 0.0429. The normalized spacial score (nSPS) is 10.5. The average Bonchev–Trinajstić information content (AvgIpc) is 2.98. The first-order valence-electron chi connectivity index (χ1n) is 7.24. The van der Waals surface area contributed by atoms with Gasteiger partial charge in [0.1, 0.15) is 0 Å². The Morgan fingerprint density at radius 1 is 1.26 bits per heavy atom. The molecule has 0 fully saturated rings. The van der Waals surface area contributed by atoms with E-state index in [-0.39, 0.29) is 18.7 Å². The van der Waals surface area contributed by atoms with Gasteiger partial charge in [-0.2, -0.15) is 0 Å². The van der Waals surface area contributed by atoms with Gasteiger partial charge in [0.2, 0.25) is 5.91 Å². The van der Waals surface area contributed by atoms with Crippen molar-refractivity contribution < 1.29 is 19.1 Å². The lowest BCUT2D eigenvalue weighted by atomic mass is 10.2. The van der Waals surface area contributed by atoms with E-state index in [0.717, 1.165) is 5.56 Å².